The van der Waals surface area contributed by atoms with Crippen LogP contribution in [0.5, 0.6) is 11.5 Å². The van der Waals surface area contributed by atoms with Gasteiger partial charge in [0.1, 0.15) is 12.4 Å². The van der Waals surface area contributed by atoms with E-state index in [4.69, 9.17) is 14.0 Å². The van der Waals surface area contributed by atoms with Crippen molar-refractivity contribution in [1.29, 1.82) is 0 Å². The molecule has 2 aromatic carbocycles. The zero-order valence-electron chi connectivity index (χ0n) is 18.0. The minimum absolute atomic E-state index is 0.00745. The van der Waals surface area contributed by atoms with Crippen molar-refractivity contribution in [2.45, 2.75) is 27.0 Å². The van der Waals surface area contributed by atoms with Crippen LogP contribution in [-0.2, 0) is 17.9 Å². The van der Waals surface area contributed by atoms with E-state index in [0.717, 1.165) is 22.4 Å². The van der Waals surface area contributed by atoms with Crippen molar-refractivity contribution < 1.29 is 23.7 Å². The number of aromatic nitrogens is 1. The fourth-order valence-electron chi connectivity index (χ4n) is 2.92. The van der Waals surface area contributed by atoms with Gasteiger partial charge < -0.3 is 19.3 Å². The summed E-state index contributed by atoms with van der Waals surface area (Å²) in [5.41, 5.74) is 3.20. The first-order valence-electron chi connectivity index (χ1n) is 9.79. The Morgan fingerprint density at radius 1 is 1.19 bits per heavy atom. The highest BCUT2D eigenvalue weighted by Crippen LogP contribution is 2.30. The lowest BCUT2D eigenvalue weighted by atomic mass is 10.1. The molecule has 1 N–H and O–H groups in total. The monoisotopic (exact) mass is 437 g/mol. The van der Waals surface area contributed by atoms with Gasteiger partial charge >= 0.3 is 0 Å². The lowest BCUT2D eigenvalue weighted by Crippen LogP contribution is -2.20. The predicted molar refractivity (Wildman–Crippen MR) is 117 cm³/mol. The number of non-ortho nitro benzene ring substituents is 1. The maximum absolute atomic E-state index is 12.1. The SMILES string of the molecule is COc1cc(/C=C/C(=O)NCc2ccc([N+](=O)[O-])cc2)ccc1OCc1c(C)noc1C. The second-order valence-corrected chi connectivity index (χ2v) is 6.98. The molecule has 0 atom stereocenters. The molecule has 1 aromatic heterocycles. The van der Waals surface area contributed by atoms with Gasteiger partial charge in [0, 0.05) is 24.8 Å². The number of nitrogens with one attached hydrogen (secondary N) is 1. The Kier molecular flexibility index (Phi) is 7.22. The maximum Gasteiger partial charge on any atom is 0.269 e. The quantitative estimate of drug-likeness (QED) is 0.304. The Hall–Kier alpha value is -4.14. The molecule has 0 aliphatic heterocycles. The average molecular weight is 437 g/mol. The number of amides is 1. The molecule has 32 heavy (non-hydrogen) atoms. The predicted octanol–water partition coefficient (Wildman–Crippen LogP) is 4.12. The van der Waals surface area contributed by atoms with E-state index in [-0.39, 0.29) is 18.1 Å². The fraction of sp³-hybridized carbons (Fsp3) is 0.217. The zero-order chi connectivity index (χ0) is 23.1. The van der Waals surface area contributed by atoms with Gasteiger partial charge in [-0.2, -0.15) is 0 Å². The minimum Gasteiger partial charge on any atom is -0.493 e. The van der Waals surface area contributed by atoms with Crippen LogP contribution < -0.4 is 14.8 Å². The zero-order valence-corrected chi connectivity index (χ0v) is 18.0. The Bertz CT molecular complexity index is 1120. The molecule has 9 nitrogen and oxygen atoms in total. The number of hydrogen-bond acceptors (Lipinski definition) is 7. The minimum atomic E-state index is -0.466. The van der Waals surface area contributed by atoms with Crippen molar-refractivity contribution in [1.82, 2.24) is 10.5 Å². The molecular weight excluding hydrogens is 414 g/mol. The third kappa shape index (κ3) is 5.72. The Balaban J connectivity index is 1.57. The van der Waals surface area contributed by atoms with Gasteiger partial charge in [0.2, 0.25) is 5.91 Å². The van der Waals surface area contributed by atoms with Gasteiger partial charge in [0.25, 0.3) is 5.69 Å². The van der Waals surface area contributed by atoms with Crippen LogP contribution in [-0.4, -0.2) is 23.1 Å². The summed E-state index contributed by atoms with van der Waals surface area (Å²) in [6, 6.07) is 11.4. The third-order valence-electron chi connectivity index (χ3n) is 4.78. The molecule has 0 bridgehead atoms. The van der Waals surface area contributed by atoms with Crippen LogP contribution in [0.3, 0.4) is 0 Å². The van der Waals surface area contributed by atoms with Crippen LogP contribution in [0.4, 0.5) is 5.69 Å². The number of methoxy groups -OCH3 is 1. The number of carbonyl (C=O) groups is 1. The molecule has 1 amide bonds. The van der Waals surface area contributed by atoms with Gasteiger partial charge in [0.05, 0.1) is 23.3 Å². The Morgan fingerprint density at radius 2 is 1.94 bits per heavy atom. The van der Waals surface area contributed by atoms with E-state index in [1.165, 1.54) is 18.2 Å². The molecule has 9 heteroatoms. The fourth-order valence-corrected chi connectivity index (χ4v) is 2.92. The van der Waals surface area contributed by atoms with Crippen LogP contribution in [0.25, 0.3) is 6.08 Å². The van der Waals surface area contributed by atoms with Gasteiger partial charge in [-0.05, 0) is 43.2 Å². The molecular formula is C23H23N3O6. The summed E-state index contributed by atoms with van der Waals surface area (Å²) < 4.78 is 16.4. The number of nitrogens with zero attached hydrogens (tertiary/aromatic N) is 2. The number of carbonyl (C=O) groups excluding carboxylic acids is 1. The molecule has 0 aliphatic carbocycles. The van der Waals surface area contributed by atoms with E-state index >= 15 is 0 Å². The molecule has 0 radical (unpaired) electrons. The molecule has 0 fully saturated rings. The van der Waals surface area contributed by atoms with E-state index < -0.39 is 4.92 Å². The van der Waals surface area contributed by atoms with E-state index in [1.807, 2.05) is 19.9 Å². The topological polar surface area (TPSA) is 117 Å². The maximum atomic E-state index is 12.1. The molecule has 1 heterocycles. The Morgan fingerprint density at radius 3 is 2.56 bits per heavy atom. The molecule has 3 aromatic rings. The molecule has 0 saturated heterocycles. The first kappa shape index (κ1) is 22.5. The summed E-state index contributed by atoms with van der Waals surface area (Å²) in [7, 11) is 1.54. The number of benzene rings is 2. The lowest BCUT2D eigenvalue weighted by Gasteiger charge is -2.11. The van der Waals surface area contributed by atoms with Gasteiger partial charge in [0.15, 0.2) is 11.5 Å². The molecule has 0 spiro atoms. The van der Waals surface area contributed by atoms with E-state index in [1.54, 1.807) is 37.5 Å². The molecule has 3 rings (SSSR count). The highest BCUT2D eigenvalue weighted by molar-refractivity contribution is 5.91. The second-order valence-electron chi connectivity index (χ2n) is 6.98. The van der Waals surface area contributed by atoms with Crippen molar-refractivity contribution in [2.75, 3.05) is 7.11 Å². The van der Waals surface area contributed by atoms with Crippen molar-refractivity contribution in [2.24, 2.45) is 0 Å². The summed E-state index contributed by atoms with van der Waals surface area (Å²) in [6.45, 7) is 4.25. The molecule has 0 saturated carbocycles. The first-order valence-corrected chi connectivity index (χ1v) is 9.79. The summed E-state index contributed by atoms with van der Waals surface area (Å²) in [5, 5.41) is 17.3. The third-order valence-corrected chi connectivity index (χ3v) is 4.78. The van der Waals surface area contributed by atoms with Crippen molar-refractivity contribution in [3.05, 3.63) is 86.8 Å². The summed E-state index contributed by atoms with van der Waals surface area (Å²) in [4.78, 5) is 22.3. The molecule has 0 aliphatic rings. The number of nitro benzene ring substituents is 1. The van der Waals surface area contributed by atoms with Gasteiger partial charge in [-0.25, -0.2) is 0 Å². The first-order chi connectivity index (χ1) is 15.4. The summed E-state index contributed by atoms with van der Waals surface area (Å²) in [6.07, 6.45) is 3.07. The van der Waals surface area contributed by atoms with E-state index in [0.29, 0.717) is 23.9 Å². The highest BCUT2D eigenvalue weighted by Gasteiger charge is 2.12. The van der Waals surface area contributed by atoms with Crippen LogP contribution in [0.1, 0.15) is 28.1 Å². The smallest absolute Gasteiger partial charge is 0.269 e. The van der Waals surface area contributed by atoms with Gasteiger partial charge in [-0.1, -0.05) is 23.4 Å². The largest absolute Gasteiger partial charge is 0.493 e. The number of ether oxygens (including phenoxy) is 2. The van der Waals surface area contributed by atoms with Gasteiger partial charge in [-0.3, -0.25) is 14.9 Å². The number of hydrogen-bond donors (Lipinski definition) is 1. The Labute approximate surface area is 184 Å². The van der Waals surface area contributed by atoms with Crippen LogP contribution in [0, 0.1) is 24.0 Å². The summed E-state index contributed by atoms with van der Waals surface area (Å²) in [5.74, 6) is 1.51. The van der Waals surface area contributed by atoms with E-state index in [2.05, 4.69) is 10.5 Å². The highest BCUT2D eigenvalue weighted by atomic mass is 16.6. The standard InChI is InChI=1S/C23H23N3O6/c1-15-20(16(2)32-25-15)14-31-21-10-6-17(12-22(21)30-3)7-11-23(27)24-13-18-4-8-19(9-5-18)26(28)29/h4-12H,13-14H2,1-3H3,(H,24,27)/b11-7+. The van der Waals surface area contributed by atoms with E-state index in [9.17, 15) is 14.9 Å². The van der Waals surface area contributed by atoms with Crippen LogP contribution in [0.2, 0.25) is 0 Å². The molecule has 166 valence electrons. The van der Waals surface area contributed by atoms with Gasteiger partial charge in [-0.15, -0.1) is 0 Å². The normalized spacial score (nSPS) is 10.8. The van der Waals surface area contributed by atoms with Crippen LogP contribution in [0.15, 0.2) is 53.1 Å². The van der Waals surface area contributed by atoms with Crippen molar-refractivity contribution in [3.63, 3.8) is 0 Å². The average Bonchev–Trinajstić information content (AvgIpc) is 3.12. The summed E-state index contributed by atoms with van der Waals surface area (Å²) >= 11 is 0. The lowest BCUT2D eigenvalue weighted by molar-refractivity contribution is -0.384. The molecule has 0 unspecified atom stereocenters. The van der Waals surface area contributed by atoms with Crippen molar-refractivity contribution >= 4 is 17.7 Å². The second kappa shape index (κ2) is 10.3. The number of nitro groups is 1. The van der Waals surface area contributed by atoms with Crippen molar-refractivity contribution in [3.8, 4) is 11.5 Å². The number of aryl methyl sites for hydroxylation is 2. The number of rotatable bonds is 9. The van der Waals surface area contributed by atoms with Crippen LogP contribution >= 0.6 is 0 Å².